The van der Waals surface area contributed by atoms with Crippen molar-refractivity contribution in [3.05, 3.63) is 57.8 Å². The number of pyridine rings is 1. The molecular formula is C16H17BrClN3O3S. The summed E-state index contributed by atoms with van der Waals surface area (Å²) in [4.78, 5) is 17.9. The van der Waals surface area contributed by atoms with Gasteiger partial charge in [0.05, 0.1) is 11.4 Å². The number of benzene rings is 1. The molecule has 2 rings (SSSR count). The van der Waals surface area contributed by atoms with Gasteiger partial charge in [0.25, 0.3) is 0 Å². The van der Waals surface area contributed by atoms with Crippen LogP contribution in [0.15, 0.2) is 52.0 Å². The minimum absolute atomic E-state index is 0.135. The Hall–Kier alpha value is -1.48. The molecule has 0 radical (unpaired) electrons. The van der Waals surface area contributed by atoms with Crippen molar-refractivity contribution in [3.63, 3.8) is 0 Å². The van der Waals surface area contributed by atoms with Crippen LogP contribution in [0.3, 0.4) is 0 Å². The third-order valence-electron chi connectivity index (χ3n) is 3.51. The van der Waals surface area contributed by atoms with E-state index in [2.05, 4.69) is 20.9 Å². The quantitative estimate of drug-likeness (QED) is 0.640. The van der Waals surface area contributed by atoms with Gasteiger partial charge >= 0.3 is 0 Å². The molecule has 0 aliphatic rings. The summed E-state index contributed by atoms with van der Waals surface area (Å²) in [5, 5.41) is 0.373. The normalized spacial score (nSPS) is 11.6. The van der Waals surface area contributed by atoms with Crippen LogP contribution in [0.25, 0.3) is 0 Å². The van der Waals surface area contributed by atoms with Crippen molar-refractivity contribution in [2.75, 3.05) is 20.6 Å². The molecular weight excluding hydrogens is 430 g/mol. The predicted molar refractivity (Wildman–Crippen MR) is 99.7 cm³/mol. The Labute approximate surface area is 160 Å². The van der Waals surface area contributed by atoms with E-state index in [0.29, 0.717) is 11.7 Å². The molecule has 0 unspecified atom stereocenters. The highest BCUT2D eigenvalue weighted by Crippen LogP contribution is 2.18. The molecule has 1 amide bonds. The maximum absolute atomic E-state index is 12.5. The molecule has 0 atom stereocenters. The molecule has 9 heteroatoms. The number of nitrogens with zero attached hydrogens (tertiary/aromatic N) is 3. The van der Waals surface area contributed by atoms with Gasteiger partial charge in [0.1, 0.15) is 5.15 Å². The summed E-state index contributed by atoms with van der Waals surface area (Å²) in [7, 11) is -0.738. The molecule has 0 N–H and O–H groups in total. The van der Waals surface area contributed by atoms with Gasteiger partial charge in [-0.25, -0.2) is 13.4 Å². The van der Waals surface area contributed by atoms with Crippen molar-refractivity contribution in [2.24, 2.45) is 0 Å². The van der Waals surface area contributed by atoms with Crippen LogP contribution in [0.4, 0.5) is 0 Å². The third-order valence-corrected chi connectivity index (χ3v) is 6.08. The average molecular weight is 447 g/mol. The molecule has 0 saturated carbocycles. The highest BCUT2D eigenvalue weighted by atomic mass is 79.9. The van der Waals surface area contributed by atoms with Gasteiger partial charge in [0.2, 0.25) is 15.9 Å². The molecule has 25 heavy (non-hydrogen) atoms. The van der Waals surface area contributed by atoms with Gasteiger partial charge < -0.3 is 4.90 Å². The number of halogens is 2. The van der Waals surface area contributed by atoms with Crippen LogP contribution in [-0.4, -0.2) is 49.2 Å². The van der Waals surface area contributed by atoms with Crippen molar-refractivity contribution in [1.29, 1.82) is 0 Å². The van der Waals surface area contributed by atoms with Gasteiger partial charge in [-0.2, -0.15) is 4.31 Å². The van der Waals surface area contributed by atoms with E-state index in [0.717, 1.165) is 14.3 Å². The first-order valence-corrected chi connectivity index (χ1v) is 9.87. The number of aromatic nitrogens is 1. The van der Waals surface area contributed by atoms with Crippen molar-refractivity contribution in [2.45, 2.75) is 11.4 Å². The maximum atomic E-state index is 12.5. The first-order valence-electron chi connectivity index (χ1n) is 7.26. The van der Waals surface area contributed by atoms with Gasteiger partial charge in [0.15, 0.2) is 0 Å². The lowest BCUT2D eigenvalue weighted by molar-refractivity contribution is -0.130. The van der Waals surface area contributed by atoms with E-state index in [1.54, 1.807) is 37.5 Å². The van der Waals surface area contributed by atoms with Crippen molar-refractivity contribution in [3.8, 4) is 0 Å². The number of likely N-dealkylation sites (N-methyl/N-ethyl adjacent to an activating group) is 2. The molecule has 0 aliphatic carbocycles. The Bertz CT molecular complexity index is 842. The second-order valence-corrected chi connectivity index (χ2v) is 8.80. The molecule has 134 valence electrons. The lowest BCUT2D eigenvalue weighted by Crippen LogP contribution is -2.39. The number of carbonyl (C=O) groups is 1. The number of amides is 1. The lowest BCUT2D eigenvalue weighted by Gasteiger charge is -2.22. The average Bonchev–Trinajstić information content (AvgIpc) is 2.57. The van der Waals surface area contributed by atoms with Crippen LogP contribution in [0.5, 0.6) is 0 Å². The Kier molecular flexibility index (Phi) is 6.56. The van der Waals surface area contributed by atoms with Crippen LogP contribution in [0.2, 0.25) is 5.15 Å². The summed E-state index contributed by atoms with van der Waals surface area (Å²) in [6.07, 6.45) is 1.58. The predicted octanol–water partition coefficient (Wildman–Crippen LogP) is 2.78. The fourth-order valence-corrected chi connectivity index (χ4v) is 3.54. The summed E-state index contributed by atoms with van der Waals surface area (Å²) in [6, 6.07) is 9.66. The fourth-order valence-electron chi connectivity index (χ4n) is 2.04. The molecule has 1 heterocycles. The van der Waals surface area contributed by atoms with Crippen molar-refractivity contribution >= 4 is 43.5 Å². The smallest absolute Gasteiger partial charge is 0.243 e. The minimum atomic E-state index is -3.73. The first-order chi connectivity index (χ1) is 11.7. The van der Waals surface area contributed by atoms with E-state index >= 15 is 0 Å². The summed E-state index contributed by atoms with van der Waals surface area (Å²) in [6.45, 7) is 0.0606. The molecule has 0 saturated heterocycles. The Morgan fingerprint density at radius 1 is 1.16 bits per heavy atom. The minimum Gasteiger partial charge on any atom is -0.340 e. The second kappa shape index (κ2) is 8.27. The number of carbonyl (C=O) groups excluding carboxylic acids is 1. The van der Waals surface area contributed by atoms with Gasteiger partial charge in [-0.3, -0.25) is 4.79 Å². The molecule has 6 nitrogen and oxygen atoms in total. The second-order valence-electron chi connectivity index (χ2n) is 5.45. The van der Waals surface area contributed by atoms with Gasteiger partial charge in [-0.1, -0.05) is 33.6 Å². The number of hydrogen-bond acceptors (Lipinski definition) is 4. The van der Waals surface area contributed by atoms with Crippen LogP contribution in [0, 0.1) is 0 Å². The van der Waals surface area contributed by atoms with Gasteiger partial charge in [-0.15, -0.1) is 0 Å². The molecule has 0 aliphatic heterocycles. The van der Waals surface area contributed by atoms with Crippen LogP contribution in [0.1, 0.15) is 5.56 Å². The highest BCUT2D eigenvalue weighted by Gasteiger charge is 2.24. The van der Waals surface area contributed by atoms with E-state index in [1.165, 1.54) is 24.1 Å². The van der Waals surface area contributed by atoms with Crippen LogP contribution < -0.4 is 0 Å². The van der Waals surface area contributed by atoms with E-state index in [-0.39, 0.29) is 17.3 Å². The molecule has 0 bridgehead atoms. The van der Waals surface area contributed by atoms with E-state index in [9.17, 15) is 13.2 Å². The van der Waals surface area contributed by atoms with Gasteiger partial charge in [-0.05, 0) is 35.9 Å². The third kappa shape index (κ3) is 5.24. The SMILES string of the molecule is CN(Cc1ccc(Cl)nc1)C(=O)CN(C)S(=O)(=O)c1ccc(Br)cc1. The standard InChI is InChI=1S/C16H17BrClN3O3S/c1-20(10-12-3-8-15(18)19-9-12)16(22)11-21(2)25(23,24)14-6-4-13(17)5-7-14/h3-9H,10-11H2,1-2H3. The van der Waals surface area contributed by atoms with Crippen LogP contribution in [-0.2, 0) is 21.4 Å². The molecule has 2 aromatic rings. The largest absolute Gasteiger partial charge is 0.340 e. The van der Waals surface area contributed by atoms with Crippen LogP contribution >= 0.6 is 27.5 Å². The number of hydrogen-bond donors (Lipinski definition) is 0. The number of sulfonamides is 1. The molecule has 0 fully saturated rings. The van der Waals surface area contributed by atoms with Crippen molar-refractivity contribution in [1.82, 2.24) is 14.2 Å². The zero-order chi connectivity index (χ0) is 18.6. The topological polar surface area (TPSA) is 70.6 Å². The number of rotatable bonds is 6. The zero-order valence-corrected chi connectivity index (χ0v) is 16.8. The van der Waals surface area contributed by atoms with Gasteiger partial charge in [0, 0.05) is 31.3 Å². The monoisotopic (exact) mass is 445 g/mol. The molecule has 1 aromatic carbocycles. The van der Waals surface area contributed by atoms with E-state index in [1.807, 2.05) is 0 Å². The maximum Gasteiger partial charge on any atom is 0.243 e. The summed E-state index contributed by atoms with van der Waals surface area (Å²) in [5.74, 6) is -0.321. The lowest BCUT2D eigenvalue weighted by atomic mass is 10.2. The Balaban J connectivity index is 2.03. The van der Waals surface area contributed by atoms with E-state index in [4.69, 9.17) is 11.6 Å². The molecule has 1 aromatic heterocycles. The zero-order valence-electron chi connectivity index (χ0n) is 13.7. The molecule has 0 spiro atoms. The summed E-state index contributed by atoms with van der Waals surface area (Å²) < 4.78 is 26.8. The summed E-state index contributed by atoms with van der Waals surface area (Å²) >= 11 is 8.99. The summed E-state index contributed by atoms with van der Waals surface area (Å²) in [5.41, 5.74) is 0.804. The highest BCUT2D eigenvalue weighted by molar-refractivity contribution is 9.10. The Morgan fingerprint density at radius 2 is 1.80 bits per heavy atom. The first kappa shape index (κ1) is 19.8. The van der Waals surface area contributed by atoms with Crippen molar-refractivity contribution < 1.29 is 13.2 Å². The van der Waals surface area contributed by atoms with E-state index < -0.39 is 10.0 Å². The Morgan fingerprint density at radius 3 is 2.36 bits per heavy atom. The fraction of sp³-hybridized carbons (Fsp3) is 0.250.